The highest BCUT2D eigenvalue weighted by atomic mass is 16.5. The summed E-state index contributed by atoms with van der Waals surface area (Å²) >= 11 is 0. The van der Waals surface area contributed by atoms with Crippen molar-refractivity contribution in [2.45, 2.75) is 25.4 Å². The third kappa shape index (κ3) is 3.14. The molecular weight excluding hydrogens is 250 g/mol. The van der Waals surface area contributed by atoms with E-state index in [1.807, 2.05) is 6.07 Å². The first-order chi connectivity index (χ1) is 9.56. The topological polar surface area (TPSA) is 41.7 Å². The molecule has 2 atom stereocenters. The summed E-state index contributed by atoms with van der Waals surface area (Å²) in [7, 11) is 6.02. The molecule has 1 aromatic carbocycles. The lowest BCUT2D eigenvalue weighted by molar-refractivity contribution is 0.220. The molecule has 0 bridgehead atoms. The number of aryl methyl sites for hydroxylation is 1. The van der Waals surface area contributed by atoms with Crippen molar-refractivity contribution in [3.63, 3.8) is 0 Å². The number of rotatable bonds is 5. The molecule has 0 spiro atoms. The van der Waals surface area contributed by atoms with Crippen LogP contribution in [0.4, 0.5) is 0 Å². The minimum Gasteiger partial charge on any atom is -0.496 e. The smallest absolute Gasteiger partial charge is 0.121 e. The summed E-state index contributed by atoms with van der Waals surface area (Å²) in [5.74, 6) is 0.942. The van der Waals surface area contributed by atoms with Crippen molar-refractivity contribution in [3.05, 3.63) is 29.3 Å². The van der Waals surface area contributed by atoms with Crippen LogP contribution in [0.1, 0.15) is 23.6 Å². The Kier molecular flexibility index (Phi) is 5.02. The first-order valence-electron chi connectivity index (χ1n) is 7.32. The number of likely N-dealkylation sites (N-methyl/N-ethyl adjacent to an activating group) is 1. The van der Waals surface area contributed by atoms with Gasteiger partial charge >= 0.3 is 0 Å². The molecule has 1 aliphatic rings. The summed E-state index contributed by atoms with van der Waals surface area (Å²) in [4.78, 5) is 4.82. The van der Waals surface area contributed by atoms with Gasteiger partial charge in [-0.25, -0.2) is 0 Å². The standard InChI is InChI=1S/C16H27N3O/c1-12-9-13(5-6-16(12)20-4)15(10-17)19-8-7-14(11-19)18(2)3/h5-6,9,14-15H,7-8,10-11,17H2,1-4H3. The van der Waals surface area contributed by atoms with Gasteiger partial charge in [-0.05, 0) is 44.6 Å². The zero-order valence-corrected chi connectivity index (χ0v) is 13.1. The SMILES string of the molecule is COc1ccc(C(CN)N2CCC(N(C)C)C2)cc1C. The highest BCUT2D eigenvalue weighted by molar-refractivity contribution is 5.37. The molecule has 1 aliphatic heterocycles. The van der Waals surface area contributed by atoms with Crippen molar-refractivity contribution < 1.29 is 4.74 Å². The highest BCUT2D eigenvalue weighted by Gasteiger charge is 2.29. The van der Waals surface area contributed by atoms with Crippen molar-refractivity contribution in [1.82, 2.24) is 9.80 Å². The maximum Gasteiger partial charge on any atom is 0.121 e. The molecule has 0 aromatic heterocycles. The Bertz CT molecular complexity index is 447. The monoisotopic (exact) mass is 277 g/mol. The van der Waals surface area contributed by atoms with E-state index in [1.54, 1.807) is 7.11 Å². The van der Waals surface area contributed by atoms with Crippen molar-refractivity contribution >= 4 is 0 Å². The summed E-state index contributed by atoms with van der Waals surface area (Å²) in [6, 6.07) is 7.35. The quantitative estimate of drug-likeness (QED) is 0.888. The van der Waals surface area contributed by atoms with E-state index in [4.69, 9.17) is 10.5 Å². The van der Waals surface area contributed by atoms with Crippen LogP contribution in [0.2, 0.25) is 0 Å². The minimum atomic E-state index is 0.310. The lowest BCUT2D eigenvalue weighted by atomic mass is 10.0. The molecule has 1 fully saturated rings. The Balaban J connectivity index is 2.14. The minimum absolute atomic E-state index is 0.310. The summed E-state index contributed by atoms with van der Waals surface area (Å²) in [6.07, 6.45) is 1.22. The van der Waals surface area contributed by atoms with Gasteiger partial charge in [0.25, 0.3) is 0 Å². The van der Waals surface area contributed by atoms with Crippen LogP contribution in [0.3, 0.4) is 0 Å². The zero-order chi connectivity index (χ0) is 14.7. The summed E-state index contributed by atoms with van der Waals surface area (Å²) in [5.41, 5.74) is 8.51. The zero-order valence-electron chi connectivity index (χ0n) is 13.1. The Morgan fingerprint density at radius 3 is 2.70 bits per heavy atom. The normalized spacial score (nSPS) is 21.4. The predicted molar refractivity (Wildman–Crippen MR) is 83.2 cm³/mol. The van der Waals surface area contributed by atoms with Gasteiger partial charge in [0.1, 0.15) is 5.75 Å². The first-order valence-corrected chi connectivity index (χ1v) is 7.32. The summed E-state index contributed by atoms with van der Waals surface area (Å²) in [5, 5.41) is 0. The molecule has 0 saturated carbocycles. The fourth-order valence-electron chi connectivity index (χ4n) is 3.08. The van der Waals surface area contributed by atoms with E-state index in [2.05, 4.69) is 43.0 Å². The number of methoxy groups -OCH3 is 1. The van der Waals surface area contributed by atoms with E-state index >= 15 is 0 Å². The van der Waals surface area contributed by atoms with Crippen LogP contribution in [0.15, 0.2) is 18.2 Å². The van der Waals surface area contributed by atoms with Crippen LogP contribution in [-0.2, 0) is 0 Å². The molecule has 0 radical (unpaired) electrons. The van der Waals surface area contributed by atoms with Crippen LogP contribution < -0.4 is 10.5 Å². The van der Waals surface area contributed by atoms with Gasteiger partial charge in [-0.2, -0.15) is 0 Å². The van der Waals surface area contributed by atoms with Gasteiger partial charge in [-0.3, -0.25) is 4.90 Å². The molecule has 20 heavy (non-hydrogen) atoms. The second-order valence-corrected chi connectivity index (χ2v) is 5.88. The molecule has 4 heteroatoms. The predicted octanol–water partition coefficient (Wildman–Crippen LogP) is 1.64. The van der Waals surface area contributed by atoms with Gasteiger partial charge in [-0.15, -0.1) is 0 Å². The average molecular weight is 277 g/mol. The number of nitrogens with two attached hydrogens (primary N) is 1. The molecule has 2 rings (SSSR count). The van der Waals surface area contributed by atoms with Crippen LogP contribution in [0.25, 0.3) is 0 Å². The fraction of sp³-hybridized carbons (Fsp3) is 0.625. The number of nitrogens with zero attached hydrogens (tertiary/aromatic N) is 2. The van der Waals surface area contributed by atoms with Crippen molar-refractivity contribution in [1.29, 1.82) is 0 Å². The number of benzene rings is 1. The molecule has 4 nitrogen and oxygen atoms in total. The summed E-state index contributed by atoms with van der Waals surface area (Å²) in [6.45, 7) is 4.96. The second-order valence-electron chi connectivity index (χ2n) is 5.88. The Morgan fingerprint density at radius 2 is 2.20 bits per heavy atom. The number of hydrogen-bond donors (Lipinski definition) is 1. The summed E-state index contributed by atoms with van der Waals surface area (Å²) < 4.78 is 5.34. The average Bonchev–Trinajstić information content (AvgIpc) is 2.89. The maximum atomic E-state index is 6.04. The van der Waals surface area contributed by atoms with E-state index in [0.29, 0.717) is 18.6 Å². The Morgan fingerprint density at radius 1 is 1.45 bits per heavy atom. The molecule has 1 heterocycles. The van der Waals surface area contributed by atoms with E-state index in [-0.39, 0.29) is 0 Å². The van der Waals surface area contributed by atoms with Gasteiger partial charge in [0.2, 0.25) is 0 Å². The number of ether oxygens (including phenoxy) is 1. The molecule has 2 unspecified atom stereocenters. The van der Waals surface area contributed by atoms with E-state index < -0.39 is 0 Å². The van der Waals surface area contributed by atoms with E-state index in [1.165, 1.54) is 17.5 Å². The van der Waals surface area contributed by atoms with Crippen LogP contribution in [-0.4, -0.2) is 56.7 Å². The molecule has 1 aromatic rings. The molecular formula is C16H27N3O. The van der Waals surface area contributed by atoms with Crippen molar-refractivity contribution in [3.8, 4) is 5.75 Å². The lowest BCUT2D eigenvalue weighted by Gasteiger charge is -2.28. The third-order valence-electron chi connectivity index (χ3n) is 4.39. The maximum absolute atomic E-state index is 6.04. The Labute approximate surface area is 122 Å². The third-order valence-corrected chi connectivity index (χ3v) is 4.39. The van der Waals surface area contributed by atoms with Crippen LogP contribution >= 0.6 is 0 Å². The number of likely N-dealkylation sites (tertiary alicyclic amines) is 1. The molecule has 1 saturated heterocycles. The van der Waals surface area contributed by atoms with Gasteiger partial charge in [0.05, 0.1) is 7.11 Å². The molecule has 0 amide bonds. The van der Waals surface area contributed by atoms with Crippen molar-refractivity contribution in [2.75, 3.05) is 40.8 Å². The number of hydrogen-bond acceptors (Lipinski definition) is 4. The van der Waals surface area contributed by atoms with Crippen molar-refractivity contribution in [2.24, 2.45) is 5.73 Å². The highest BCUT2D eigenvalue weighted by Crippen LogP contribution is 2.28. The lowest BCUT2D eigenvalue weighted by Crippen LogP contribution is -2.36. The fourth-order valence-corrected chi connectivity index (χ4v) is 3.08. The van der Waals surface area contributed by atoms with E-state index in [0.717, 1.165) is 18.8 Å². The molecule has 0 aliphatic carbocycles. The van der Waals surface area contributed by atoms with Gasteiger partial charge in [0, 0.05) is 31.7 Å². The van der Waals surface area contributed by atoms with Crippen LogP contribution in [0, 0.1) is 6.92 Å². The largest absolute Gasteiger partial charge is 0.496 e. The van der Waals surface area contributed by atoms with Crippen LogP contribution in [0.5, 0.6) is 5.75 Å². The first kappa shape index (κ1) is 15.3. The van der Waals surface area contributed by atoms with E-state index in [9.17, 15) is 0 Å². The molecule has 112 valence electrons. The van der Waals surface area contributed by atoms with Gasteiger partial charge in [0.15, 0.2) is 0 Å². The Hall–Kier alpha value is -1.10. The van der Waals surface area contributed by atoms with Gasteiger partial charge in [-0.1, -0.05) is 12.1 Å². The second kappa shape index (κ2) is 6.57. The molecule has 2 N–H and O–H groups in total. The van der Waals surface area contributed by atoms with Gasteiger partial charge < -0.3 is 15.4 Å².